The first-order valence-electron chi connectivity index (χ1n) is 11.0. The van der Waals surface area contributed by atoms with Gasteiger partial charge in [-0.1, -0.05) is 68.7 Å². The van der Waals surface area contributed by atoms with Crippen LogP contribution in [0.25, 0.3) is 0 Å². The van der Waals surface area contributed by atoms with Crippen molar-refractivity contribution in [3.8, 4) is 0 Å². The van der Waals surface area contributed by atoms with E-state index in [9.17, 15) is 18.2 Å². The van der Waals surface area contributed by atoms with Crippen molar-refractivity contribution >= 4 is 27.9 Å². The van der Waals surface area contributed by atoms with Crippen LogP contribution in [0.15, 0.2) is 54.6 Å². The molecule has 3 atom stereocenters. The molecule has 3 rings (SSSR count). The lowest BCUT2D eigenvalue weighted by molar-refractivity contribution is -0.140. The number of β-lactam (4-membered cyclic amide) rings is 1. The third-order valence-electron chi connectivity index (χ3n) is 5.93. The first-order chi connectivity index (χ1) is 15.5. The molecular formula is C25H29FN2O3S. The van der Waals surface area contributed by atoms with Crippen molar-refractivity contribution in [1.29, 1.82) is 0 Å². The number of halogens is 1. The van der Waals surface area contributed by atoms with E-state index in [-0.39, 0.29) is 39.8 Å². The topological polar surface area (TPSA) is 66.5 Å². The van der Waals surface area contributed by atoms with Crippen LogP contribution in [0.5, 0.6) is 0 Å². The van der Waals surface area contributed by atoms with Crippen molar-refractivity contribution in [3.63, 3.8) is 0 Å². The molecule has 1 N–H and O–H groups in total. The maximum absolute atomic E-state index is 13.4. The van der Waals surface area contributed by atoms with Crippen LogP contribution in [0.3, 0.4) is 0 Å². The first kappa shape index (κ1) is 23.9. The van der Waals surface area contributed by atoms with Crippen LogP contribution in [0.1, 0.15) is 56.7 Å². The lowest BCUT2D eigenvalue weighted by Gasteiger charge is -2.44. The minimum atomic E-state index is -0.721. The zero-order valence-corrected chi connectivity index (χ0v) is 19.2. The SMILES string of the molecule is CCCCCC(NC(=O)C(C)N1C(=O)C(=S=O)C1Cc1ccccc1)c1ccc(F)cc1. The number of unbranched alkanes of at least 4 members (excludes halogenated alkanes) is 2. The van der Waals surface area contributed by atoms with Crippen LogP contribution in [-0.2, 0) is 27.3 Å². The van der Waals surface area contributed by atoms with Crippen LogP contribution in [-0.4, -0.2) is 37.9 Å². The summed E-state index contributed by atoms with van der Waals surface area (Å²) in [6.45, 7) is 3.79. The Kier molecular flexibility index (Phi) is 8.33. The van der Waals surface area contributed by atoms with Crippen molar-refractivity contribution in [3.05, 3.63) is 71.5 Å². The van der Waals surface area contributed by atoms with Crippen LogP contribution < -0.4 is 5.32 Å². The third-order valence-corrected chi connectivity index (χ3v) is 6.55. The molecule has 3 unspecified atom stereocenters. The quantitative estimate of drug-likeness (QED) is 0.336. The molecule has 0 radical (unpaired) electrons. The van der Waals surface area contributed by atoms with Crippen molar-refractivity contribution in [2.75, 3.05) is 0 Å². The fraction of sp³-hybridized carbons (Fsp3) is 0.400. The summed E-state index contributed by atoms with van der Waals surface area (Å²) in [7, 11) is 0. The number of benzene rings is 2. The number of carbonyl (C=O) groups excluding carboxylic acids is 2. The lowest BCUT2D eigenvalue weighted by atomic mass is 9.91. The molecule has 2 aromatic carbocycles. The number of nitrogens with zero attached hydrogens (tertiary/aromatic N) is 1. The molecule has 32 heavy (non-hydrogen) atoms. The normalized spacial score (nSPS) is 17.5. The standard InChI is InChI=1S/C25H29FN2O3S/c1-3-4-6-11-21(19-12-14-20(26)15-13-19)27-24(29)17(2)28-22(23(32-31)25(28)30)16-18-9-7-5-8-10-18/h5,7-10,12-15,17,21-22H,3-4,6,11,16H2,1-2H3,(H,27,29). The molecule has 2 aromatic rings. The van der Waals surface area contributed by atoms with Gasteiger partial charge in [0.2, 0.25) is 5.91 Å². The average Bonchev–Trinajstić information content (AvgIpc) is 2.79. The zero-order valence-electron chi connectivity index (χ0n) is 18.4. The predicted molar refractivity (Wildman–Crippen MR) is 125 cm³/mol. The molecule has 5 nitrogen and oxygen atoms in total. The Morgan fingerprint density at radius 1 is 1.12 bits per heavy atom. The number of nitrogens with one attached hydrogen (secondary N) is 1. The van der Waals surface area contributed by atoms with E-state index < -0.39 is 12.1 Å². The van der Waals surface area contributed by atoms with Crippen molar-refractivity contribution < 1.29 is 18.2 Å². The molecule has 2 amide bonds. The van der Waals surface area contributed by atoms with E-state index in [1.807, 2.05) is 30.3 Å². The van der Waals surface area contributed by atoms with Crippen LogP contribution >= 0.6 is 0 Å². The van der Waals surface area contributed by atoms with Gasteiger partial charge in [0, 0.05) is 0 Å². The Bertz CT molecular complexity index is 990. The van der Waals surface area contributed by atoms with Crippen molar-refractivity contribution in [2.24, 2.45) is 0 Å². The summed E-state index contributed by atoms with van der Waals surface area (Å²) < 4.78 is 24.9. The van der Waals surface area contributed by atoms with Crippen molar-refractivity contribution in [2.45, 2.75) is 64.1 Å². The van der Waals surface area contributed by atoms with E-state index in [1.54, 1.807) is 19.1 Å². The predicted octanol–water partition coefficient (Wildman–Crippen LogP) is 3.79. The molecule has 0 aliphatic carbocycles. The van der Waals surface area contributed by atoms with Crippen molar-refractivity contribution in [1.82, 2.24) is 10.2 Å². The molecule has 170 valence electrons. The first-order valence-corrected chi connectivity index (χ1v) is 11.8. The molecule has 1 aliphatic heterocycles. The zero-order chi connectivity index (χ0) is 23.1. The van der Waals surface area contributed by atoms with Gasteiger partial charge in [0.1, 0.15) is 28.0 Å². The van der Waals surface area contributed by atoms with Crippen LogP contribution in [0.2, 0.25) is 0 Å². The number of rotatable bonds is 10. The summed E-state index contributed by atoms with van der Waals surface area (Å²) >= 11 is 0.214. The highest BCUT2D eigenvalue weighted by atomic mass is 32.1. The number of likely N-dealkylation sites (tertiary alicyclic amines) is 1. The highest BCUT2D eigenvalue weighted by Crippen LogP contribution is 2.25. The second kappa shape index (κ2) is 11.2. The maximum Gasteiger partial charge on any atom is 0.266 e. The van der Waals surface area contributed by atoms with Gasteiger partial charge in [-0.2, -0.15) is 0 Å². The van der Waals surface area contributed by atoms with E-state index in [0.717, 1.165) is 36.8 Å². The van der Waals surface area contributed by atoms with Gasteiger partial charge in [0.25, 0.3) is 5.91 Å². The van der Waals surface area contributed by atoms with E-state index in [0.29, 0.717) is 6.42 Å². The number of amides is 2. The second-order valence-electron chi connectivity index (χ2n) is 8.15. The van der Waals surface area contributed by atoms with Gasteiger partial charge in [-0.15, -0.1) is 0 Å². The Hall–Kier alpha value is -2.80. The fourth-order valence-corrected chi connectivity index (χ4v) is 4.56. The monoisotopic (exact) mass is 456 g/mol. The van der Waals surface area contributed by atoms with E-state index in [1.165, 1.54) is 17.0 Å². The Morgan fingerprint density at radius 2 is 1.81 bits per heavy atom. The Balaban J connectivity index is 1.74. The minimum absolute atomic E-state index is 0.214. The maximum atomic E-state index is 13.4. The molecule has 1 aliphatic rings. The second-order valence-corrected chi connectivity index (χ2v) is 8.76. The largest absolute Gasteiger partial charge is 0.348 e. The van der Waals surface area contributed by atoms with Gasteiger partial charge >= 0.3 is 0 Å². The molecule has 1 heterocycles. The van der Waals surface area contributed by atoms with Crippen LogP contribution in [0, 0.1) is 5.82 Å². The number of hydrogen-bond acceptors (Lipinski definition) is 3. The highest BCUT2D eigenvalue weighted by Gasteiger charge is 2.47. The molecule has 0 bridgehead atoms. The highest BCUT2D eigenvalue weighted by molar-refractivity contribution is 7.69. The summed E-state index contributed by atoms with van der Waals surface area (Å²) in [5.41, 5.74) is 1.83. The van der Waals surface area contributed by atoms with Crippen LogP contribution in [0.4, 0.5) is 4.39 Å². The fourth-order valence-electron chi connectivity index (χ4n) is 4.07. The van der Waals surface area contributed by atoms with Gasteiger partial charge < -0.3 is 10.2 Å². The Morgan fingerprint density at radius 3 is 2.44 bits per heavy atom. The molecule has 7 heteroatoms. The Labute approximate surface area is 192 Å². The lowest BCUT2D eigenvalue weighted by Crippen LogP contribution is -2.68. The van der Waals surface area contributed by atoms with Gasteiger partial charge in [-0.05, 0) is 43.0 Å². The third kappa shape index (κ3) is 5.51. The summed E-state index contributed by atoms with van der Waals surface area (Å²) in [4.78, 5) is 27.5. The summed E-state index contributed by atoms with van der Waals surface area (Å²) in [5.74, 6) is -0.982. The molecule has 0 aromatic heterocycles. The van der Waals surface area contributed by atoms with Gasteiger partial charge in [-0.3, -0.25) is 9.59 Å². The number of hydrogen-bond donors (Lipinski definition) is 1. The van der Waals surface area contributed by atoms with Gasteiger partial charge in [0.05, 0.1) is 12.1 Å². The minimum Gasteiger partial charge on any atom is -0.348 e. The molecule has 1 fully saturated rings. The molecule has 0 saturated carbocycles. The molecule has 0 spiro atoms. The van der Waals surface area contributed by atoms with E-state index in [4.69, 9.17) is 0 Å². The van der Waals surface area contributed by atoms with E-state index in [2.05, 4.69) is 12.2 Å². The number of carbonyl (C=O) groups is 2. The summed E-state index contributed by atoms with van der Waals surface area (Å²) in [5, 5.41) is 3.05. The molecule has 1 saturated heterocycles. The molecular weight excluding hydrogens is 427 g/mol. The smallest absolute Gasteiger partial charge is 0.266 e. The van der Waals surface area contributed by atoms with Gasteiger partial charge in [-0.25, -0.2) is 8.60 Å². The van der Waals surface area contributed by atoms with Gasteiger partial charge in [0.15, 0.2) is 0 Å². The van der Waals surface area contributed by atoms with E-state index >= 15 is 0 Å². The average molecular weight is 457 g/mol. The summed E-state index contributed by atoms with van der Waals surface area (Å²) in [6.07, 6.45) is 4.23. The summed E-state index contributed by atoms with van der Waals surface area (Å²) in [6, 6.07) is 14.4.